The standard InChI is InChI=1S/C30H45N3O5/c1-4-5-6-7-8-9-10-11-12-13-14-15-16-17-22-38-29(36)24-18-20-25(21-19-24)31-23-26-27(34)32(2)30(37)33(3)28(26)35/h18-21,23,34H,4-17,22H2,1-3H3. The molecule has 0 aliphatic heterocycles. The molecule has 0 aliphatic rings. The van der Waals surface area contributed by atoms with Crippen LogP contribution in [0.3, 0.4) is 0 Å². The molecule has 2 rings (SSSR count). The van der Waals surface area contributed by atoms with Crippen molar-refractivity contribution in [1.29, 1.82) is 0 Å². The molecule has 8 nitrogen and oxygen atoms in total. The van der Waals surface area contributed by atoms with Gasteiger partial charge in [-0.15, -0.1) is 0 Å². The maximum absolute atomic E-state index is 12.3. The Morgan fingerprint density at radius 3 is 1.84 bits per heavy atom. The molecule has 2 aromatic rings. The van der Waals surface area contributed by atoms with Crippen LogP contribution in [0, 0.1) is 0 Å². The molecule has 0 spiro atoms. The van der Waals surface area contributed by atoms with Crippen LogP contribution in [0.15, 0.2) is 38.8 Å². The number of nitrogens with zero attached hydrogens (tertiary/aromatic N) is 3. The molecule has 38 heavy (non-hydrogen) atoms. The Bertz CT molecular complexity index is 1130. The molecule has 0 fully saturated rings. The van der Waals surface area contributed by atoms with E-state index >= 15 is 0 Å². The topological polar surface area (TPSA) is 103 Å². The largest absolute Gasteiger partial charge is 0.494 e. The number of hydrogen-bond donors (Lipinski definition) is 1. The first kappa shape index (κ1) is 31.1. The van der Waals surface area contributed by atoms with E-state index in [0.29, 0.717) is 17.9 Å². The van der Waals surface area contributed by atoms with Crippen molar-refractivity contribution in [2.24, 2.45) is 19.1 Å². The molecular formula is C30H45N3O5. The Kier molecular flexibility index (Phi) is 14.2. The quantitative estimate of drug-likeness (QED) is 0.142. The molecular weight excluding hydrogens is 482 g/mol. The molecule has 1 N–H and O–H groups in total. The predicted molar refractivity (Wildman–Crippen MR) is 153 cm³/mol. The highest BCUT2D eigenvalue weighted by atomic mass is 16.5. The molecule has 0 bridgehead atoms. The minimum absolute atomic E-state index is 0.0914. The van der Waals surface area contributed by atoms with E-state index in [1.165, 1.54) is 97.4 Å². The third-order valence-electron chi connectivity index (χ3n) is 6.84. The lowest BCUT2D eigenvalue weighted by Gasteiger charge is -2.07. The Hall–Kier alpha value is -3.16. The monoisotopic (exact) mass is 527 g/mol. The van der Waals surface area contributed by atoms with Gasteiger partial charge >= 0.3 is 11.7 Å². The third kappa shape index (κ3) is 10.3. The molecule has 8 heteroatoms. The first-order valence-corrected chi connectivity index (χ1v) is 14.2. The van der Waals surface area contributed by atoms with Gasteiger partial charge in [0, 0.05) is 20.3 Å². The van der Waals surface area contributed by atoms with Crippen molar-refractivity contribution in [3.63, 3.8) is 0 Å². The molecule has 0 saturated heterocycles. The minimum atomic E-state index is -0.641. The average molecular weight is 528 g/mol. The molecule has 0 aliphatic carbocycles. The van der Waals surface area contributed by atoms with Crippen molar-refractivity contribution in [1.82, 2.24) is 9.13 Å². The Morgan fingerprint density at radius 2 is 1.32 bits per heavy atom. The molecule has 1 aromatic heterocycles. The van der Waals surface area contributed by atoms with Crippen molar-refractivity contribution in [3.05, 3.63) is 56.2 Å². The lowest BCUT2D eigenvalue weighted by atomic mass is 10.0. The van der Waals surface area contributed by atoms with Gasteiger partial charge in [-0.1, -0.05) is 90.4 Å². The number of carbonyl (C=O) groups is 1. The van der Waals surface area contributed by atoms with Crippen LogP contribution < -0.4 is 11.2 Å². The summed E-state index contributed by atoms with van der Waals surface area (Å²) in [5, 5.41) is 10.1. The number of hydrogen-bond acceptors (Lipinski definition) is 6. The maximum Gasteiger partial charge on any atom is 0.338 e. The van der Waals surface area contributed by atoms with Crippen LogP contribution in [0.25, 0.3) is 0 Å². The lowest BCUT2D eigenvalue weighted by molar-refractivity contribution is 0.0497. The van der Waals surface area contributed by atoms with Crippen LogP contribution in [0.4, 0.5) is 5.69 Å². The zero-order chi connectivity index (χ0) is 27.8. The van der Waals surface area contributed by atoms with Crippen molar-refractivity contribution in [2.75, 3.05) is 6.61 Å². The molecule has 0 unspecified atom stereocenters. The summed E-state index contributed by atoms with van der Waals surface area (Å²) in [4.78, 5) is 40.6. The molecule has 0 atom stereocenters. The first-order chi connectivity index (χ1) is 18.4. The van der Waals surface area contributed by atoms with Gasteiger partial charge in [0.15, 0.2) is 0 Å². The number of aromatic hydroxyl groups is 1. The number of ether oxygens (including phenoxy) is 1. The predicted octanol–water partition coefficient (Wildman–Crippen LogP) is 6.18. The Balaban J connectivity index is 1.61. The van der Waals surface area contributed by atoms with Crippen LogP contribution >= 0.6 is 0 Å². The van der Waals surface area contributed by atoms with Gasteiger partial charge in [0.1, 0.15) is 5.56 Å². The van der Waals surface area contributed by atoms with Gasteiger partial charge in [0.2, 0.25) is 5.88 Å². The van der Waals surface area contributed by atoms with Crippen LogP contribution in [0.2, 0.25) is 0 Å². The molecule has 0 radical (unpaired) electrons. The van der Waals surface area contributed by atoms with Gasteiger partial charge in [-0.25, -0.2) is 9.59 Å². The van der Waals surface area contributed by atoms with Gasteiger partial charge in [-0.3, -0.25) is 18.9 Å². The van der Waals surface area contributed by atoms with E-state index in [1.54, 1.807) is 24.3 Å². The fraction of sp³-hybridized carbons (Fsp3) is 0.600. The first-order valence-electron chi connectivity index (χ1n) is 14.2. The van der Waals surface area contributed by atoms with Gasteiger partial charge in [-0.05, 0) is 30.7 Å². The van der Waals surface area contributed by atoms with Crippen molar-refractivity contribution in [2.45, 2.75) is 96.8 Å². The number of benzene rings is 1. The minimum Gasteiger partial charge on any atom is -0.494 e. The van der Waals surface area contributed by atoms with E-state index in [4.69, 9.17) is 4.74 Å². The second-order valence-corrected chi connectivity index (χ2v) is 9.98. The smallest absolute Gasteiger partial charge is 0.338 e. The third-order valence-corrected chi connectivity index (χ3v) is 6.84. The highest BCUT2D eigenvalue weighted by molar-refractivity contribution is 5.90. The number of unbranched alkanes of at least 4 members (excludes halogenated alkanes) is 13. The number of carbonyl (C=O) groups excluding carboxylic acids is 1. The maximum atomic E-state index is 12.3. The molecule has 210 valence electrons. The summed E-state index contributed by atoms with van der Waals surface area (Å²) < 4.78 is 7.26. The van der Waals surface area contributed by atoms with Crippen molar-refractivity contribution >= 4 is 17.9 Å². The van der Waals surface area contributed by atoms with Gasteiger partial charge in [0.05, 0.1) is 17.9 Å². The van der Waals surface area contributed by atoms with Crippen LogP contribution in [-0.2, 0) is 18.8 Å². The zero-order valence-electron chi connectivity index (χ0n) is 23.4. The number of rotatable bonds is 18. The van der Waals surface area contributed by atoms with E-state index in [2.05, 4.69) is 11.9 Å². The van der Waals surface area contributed by atoms with Crippen molar-refractivity contribution in [3.8, 4) is 5.88 Å². The van der Waals surface area contributed by atoms with Crippen LogP contribution in [0.5, 0.6) is 5.88 Å². The summed E-state index contributed by atoms with van der Waals surface area (Å²) in [5.41, 5.74) is -0.440. The van der Waals surface area contributed by atoms with Crippen molar-refractivity contribution < 1.29 is 14.6 Å². The fourth-order valence-electron chi connectivity index (χ4n) is 4.34. The summed E-state index contributed by atoms with van der Waals surface area (Å²) in [6.07, 6.45) is 19.2. The highest BCUT2D eigenvalue weighted by Crippen LogP contribution is 2.16. The SMILES string of the molecule is CCCCCCCCCCCCCCCCOC(=O)c1ccc(N=Cc2c(O)n(C)c(=O)n(C)c2=O)cc1. The number of esters is 1. The average Bonchev–Trinajstić information content (AvgIpc) is 2.93. The van der Waals surface area contributed by atoms with Gasteiger partial charge < -0.3 is 9.84 Å². The summed E-state index contributed by atoms with van der Waals surface area (Å²) in [5.74, 6) is -0.828. The molecule has 0 saturated carbocycles. The van der Waals surface area contributed by atoms with E-state index < -0.39 is 17.1 Å². The summed E-state index contributed by atoms with van der Waals surface area (Å²) in [6.45, 7) is 2.67. The molecule has 1 aromatic carbocycles. The van der Waals surface area contributed by atoms with E-state index in [1.807, 2.05) is 0 Å². The number of aliphatic imine (C=N–C) groups is 1. The van der Waals surface area contributed by atoms with E-state index in [-0.39, 0.29) is 11.5 Å². The zero-order valence-corrected chi connectivity index (χ0v) is 23.4. The lowest BCUT2D eigenvalue weighted by Crippen LogP contribution is -2.38. The fourth-order valence-corrected chi connectivity index (χ4v) is 4.34. The Labute approximate surface area is 226 Å². The highest BCUT2D eigenvalue weighted by Gasteiger charge is 2.13. The molecule has 0 amide bonds. The summed E-state index contributed by atoms with van der Waals surface area (Å²) >= 11 is 0. The van der Waals surface area contributed by atoms with Crippen LogP contribution in [-0.4, -0.2) is 33.0 Å². The van der Waals surface area contributed by atoms with Gasteiger partial charge in [0.25, 0.3) is 5.56 Å². The Morgan fingerprint density at radius 1 is 0.816 bits per heavy atom. The summed E-state index contributed by atoms with van der Waals surface area (Å²) in [6, 6.07) is 6.48. The number of aromatic nitrogens is 2. The summed E-state index contributed by atoms with van der Waals surface area (Å²) in [7, 11) is 2.70. The normalized spacial score (nSPS) is 11.3. The van der Waals surface area contributed by atoms with E-state index in [9.17, 15) is 19.5 Å². The van der Waals surface area contributed by atoms with Gasteiger partial charge in [-0.2, -0.15) is 0 Å². The second kappa shape index (κ2) is 17.4. The molecule has 1 heterocycles. The van der Waals surface area contributed by atoms with E-state index in [0.717, 1.165) is 22.0 Å². The second-order valence-electron chi connectivity index (χ2n) is 9.98. The van der Waals surface area contributed by atoms with Crippen LogP contribution in [0.1, 0.15) is 113 Å².